The zero-order chi connectivity index (χ0) is 10.4. The molecular weight excluding hydrogens is 176 g/mol. The first-order chi connectivity index (χ1) is 6.72. The van der Waals surface area contributed by atoms with Crippen LogP contribution >= 0.6 is 0 Å². The van der Waals surface area contributed by atoms with Crippen LogP contribution in [-0.2, 0) is 0 Å². The number of aliphatic hydroxyl groups is 2. The van der Waals surface area contributed by atoms with E-state index in [1.54, 1.807) is 0 Å². The third-order valence-corrected chi connectivity index (χ3v) is 3.51. The highest BCUT2D eigenvalue weighted by Gasteiger charge is 2.18. The lowest BCUT2D eigenvalue weighted by Crippen LogP contribution is -2.16. The van der Waals surface area contributed by atoms with Gasteiger partial charge in [0.2, 0.25) is 0 Å². The minimum Gasteiger partial charge on any atom is -0.396 e. The number of aliphatic hydroxyl groups excluding tert-OH is 2. The number of hydrogen-bond acceptors (Lipinski definition) is 2. The predicted molar refractivity (Wildman–Crippen MR) is 58.1 cm³/mol. The molecule has 1 aliphatic carbocycles. The van der Waals surface area contributed by atoms with Gasteiger partial charge < -0.3 is 10.2 Å². The maximum atomic E-state index is 9.47. The van der Waals surface area contributed by atoms with Gasteiger partial charge in [-0.3, -0.25) is 0 Å². The second kappa shape index (κ2) is 6.41. The van der Waals surface area contributed by atoms with Crippen LogP contribution < -0.4 is 0 Å². The Morgan fingerprint density at radius 3 is 2.36 bits per heavy atom. The van der Waals surface area contributed by atoms with Gasteiger partial charge in [-0.1, -0.05) is 32.6 Å². The molecule has 14 heavy (non-hydrogen) atoms. The Bertz CT molecular complexity index is 139. The second-order valence-corrected chi connectivity index (χ2v) is 4.87. The first-order valence-electron chi connectivity index (χ1n) is 6.01. The van der Waals surface area contributed by atoms with E-state index in [4.69, 9.17) is 5.11 Å². The molecule has 0 aromatic rings. The molecule has 0 spiro atoms. The highest BCUT2D eigenvalue weighted by atomic mass is 16.3. The van der Waals surface area contributed by atoms with E-state index in [0.29, 0.717) is 6.42 Å². The summed E-state index contributed by atoms with van der Waals surface area (Å²) in [6.07, 6.45) is 7.69. The Hall–Kier alpha value is -0.0800. The van der Waals surface area contributed by atoms with Crippen molar-refractivity contribution in [3.63, 3.8) is 0 Å². The molecule has 2 nitrogen and oxygen atoms in total. The molecule has 1 fully saturated rings. The van der Waals surface area contributed by atoms with E-state index in [1.807, 2.05) is 0 Å². The maximum Gasteiger partial charge on any atom is 0.0562 e. The van der Waals surface area contributed by atoms with Crippen molar-refractivity contribution < 1.29 is 10.2 Å². The highest BCUT2D eigenvalue weighted by Crippen LogP contribution is 2.31. The zero-order valence-corrected chi connectivity index (χ0v) is 9.28. The van der Waals surface area contributed by atoms with Gasteiger partial charge in [-0.25, -0.2) is 0 Å². The van der Waals surface area contributed by atoms with Crippen molar-refractivity contribution >= 4 is 0 Å². The first-order valence-corrected chi connectivity index (χ1v) is 6.01. The molecule has 84 valence electrons. The van der Waals surface area contributed by atoms with E-state index in [-0.39, 0.29) is 12.7 Å². The van der Waals surface area contributed by atoms with Crippen LogP contribution in [0.1, 0.15) is 51.9 Å². The average molecular weight is 200 g/mol. The predicted octanol–water partition coefficient (Wildman–Crippen LogP) is 2.34. The molecule has 1 saturated carbocycles. The van der Waals surface area contributed by atoms with Crippen molar-refractivity contribution in [1.82, 2.24) is 0 Å². The Morgan fingerprint density at radius 2 is 1.79 bits per heavy atom. The number of rotatable bonds is 5. The zero-order valence-electron chi connectivity index (χ0n) is 9.28. The van der Waals surface area contributed by atoms with Gasteiger partial charge in [-0.05, 0) is 31.1 Å². The molecule has 0 amide bonds. The van der Waals surface area contributed by atoms with Crippen molar-refractivity contribution in [1.29, 1.82) is 0 Å². The van der Waals surface area contributed by atoms with Crippen molar-refractivity contribution in [2.45, 2.75) is 58.0 Å². The van der Waals surface area contributed by atoms with Crippen LogP contribution in [0.15, 0.2) is 0 Å². The third kappa shape index (κ3) is 4.43. The van der Waals surface area contributed by atoms with E-state index in [2.05, 4.69) is 6.92 Å². The molecule has 1 aliphatic rings. The molecule has 2 N–H and O–H groups in total. The summed E-state index contributed by atoms with van der Waals surface area (Å²) < 4.78 is 0. The molecule has 1 rings (SSSR count). The lowest BCUT2D eigenvalue weighted by Gasteiger charge is -2.26. The maximum absolute atomic E-state index is 9.47. The van der Waals surface area contributed by atoms with Crippen LogP contribution in [0.3, 0.4) is 0 Å². The molecular formula is C12H24O2. The largest absolute Gasteiger partial charge is 0.396 e. The molecule has 0 saturated heterocycles. The average Bonchev–Trinajstić information content (AvgIpc) is 2.17. The fourth-order valence-electron chi connectivity index (χ4n) is 2.34. The highest BCUT2D eigenvalue weighted by molar-refractivity contribution is 4.71. The summed E-state index contributed by atoms with van der Waals surface area (Å²) in [5.41, 5.74) is 0. The molecule has 0 bridgehead atoms. The van der Waals surface area contributed by atoms with Crippen molar-refractivity contribution in [3.05, 3.63) is 0 Å². The van der Waals surface area contributed by atoms with E-state index in [1.165, 1.54) is 25.7 Å². The van der Waals surface area contributed by atoms with Crippen LogP contribution in [0, 0.1) is 11.8 Å². The van der Waals surface area contributed by atoms with Crippen LogP contribution in [0.2, 0.25) is 0 Å². The monoisotopic (exact) mass is 200 g/mol. The van der Waals surface area contributed by atoms with Gasteiger partial charge in [0.25, 0.3) is 0 Å². The van der Waals surface area contributed by atoms with E-state index in [9.17, 15) is 5.11 Å². The molecule has 0 aromatic heterocycles. The van der Waals surface area contributed by atoms with Crippen molar-refractivity contribution in [3.8, 4) is 0 Å². The van der Waals surface area contributed by atoms with Crippen LogP contribution in [0.5, 0.6) is 0 Å². The second-order valence-electron chi connectivity index (χ2n) is 4.87. The Morgan fingerprint density at radius 1 is 1.14 bits per heavy atom. The lowest BCUT2D eigenvalue weighted by atomic mass is 9.80. The Balaban J connectivity index is 2.06. The van der Waals surface area contributed by atoms with Gasteiger partial charge in [0.05, 0.1) is 6.10 Å². The van der Waals surface area contributed by atoms with Crippen LogP contribution in [0.25, 0.3) is 0 Å². The normalized spacial score (nSPS) is 30.2. The SMILES string of the molecule is CC1CCC(CCC(O)CCO)CC1. The standard InChI is InChI=1S/C12H24O2/c1-10-2-4-11(5-3-10)6-7-12(14)8-9-13/h10-14H,2-9H2,1H3. The fourth-order valence-corrected chi connectivity index (χ4v) is 2.34. The van der Waals surface area contributed by atoms with Crippen LogP contribution in [-0.4, -0.2) is 22.9 Å². The molecule has 1 atom stereocenters. The third-order valence-electron chi connectivity index (χ3n) is 3.51. The summed E-state index contributed by atoms with van der Waals surface area (Å²) in [7, 11) is 0. The van der Waals surface area contributed by atoms with E-state index in [0.717, 1.165) is 24.7 Å². The minimum atomic E-state index is -0.278. The van der Waals surface area contributed by atoms with Crippen LogP contribution in [0.4, 0.5) is 0 Å². The van der Waals surface area contributed by atoms with Gasteiger partial charge >= 0.3 is 0 Å². The van der Waals surface area contributed by atoms with E-state index < -0.39 is 0 Å². The van der Waals surface area contributed by atoms with Gasteiger partial charge in [-0.2, -0.15) is 0 Å². The molecule has 0 radical (unpaired) electrons. The topological polar surface area (TPSA) is 40.5 Å². The molecule has 0 aromatic carbocycles. The Labute approximate surface area is 87.3 Å². The van der Waals surface area contributed by atoms with Crippen molar-refractivity contribution in [2.75, 3.05) is 6.61 Å². The summed E-state index contributed by atoms with van der Waals surface area (Å²) in [5, 5.41) is 18.1. The smallest absolute Gasteiger partial charge is 0.0562 e. The molecule has 0 aliphatic heterocycles. The van der Waals surface area contributed by atoms with Gasteiger partial charge in [0, 0.05) is 6.61 Å². The molecule has 1 unspecified atom stereocenters. The lowest BCUT2D eigenvalue weighted by molar-refractivity contribution is 0.113. The summed E-state index contributed by atoms with van der Waals surface area (Å²) >= 11 is 0. The molecule has 0 heterocycles. The summed E-state index contributed by atoms with van der Waals surface area (Å²) in [4.78, 5) is 0. The first kappa shape index (κ1) is 12.0. The van der Waals surface area contributed by atoms with E-state index >= 15 is 0 Å². The Kier molecular flexibility index (Phi) is 5.49. The number of hydrogen-bond donors (Lipinski definition) is 2. The summed E-state index contributed by atoms with van der Waals surface area (Å²) in [6.45, 7) is 2.44. The minimum absolute atomic E-state index is 0.114. The fraction of sp³-hybridized carbons (Fsp3) is 1.00. The van der Waals surface area contributed by atoms with Crippen molar-refractivity contribution in [2.24, 2.45) is 11.8 Å². The summed E-state index contributed by atoms with van der Waals surface area (Å²) in [6, 6.07) is 0. The van der Waals surface area contributed by atoms with Gasteiger partial charge in [0.1, 0.15) is 0 Å². The van der Waals surface area contributed by atoms with Gasteiger partial charge in [0.15, 0.2) is 0 Å². The van der Waals surface area contributed by atoms with Gasteiger partial charge in [-0.15, -0.1) is 0 Å². The quantitative estimate of drug-likeness (QED) is 0.715. The summed E-state index contributed by atoms with van der Waals surface area (Å²) in [5.74, 6) is 1.74. The molecule has 2 heteroatoms.